The van der Waals surface area contributed by atoms with E-state index in [1.165, 1.54) is 12.1 Å². The molecule has 4 rings (SSSR count). The van der Waals surface area contributed by atoms with Crippen LogP contribution in [0, 0.1) is 35.0 Å². The molecule has 0 heterocycles. The Morgan fingerprint density at radius 1 is 1.17 bits per heavy atom. The van der Waals surface area contributed by atoms with Crippen molar-refractivity contribution in [1.29, 1.82) is 5.26 Å². The smallest absolute Gasteiger partial charge is 0.235 e. The van der Waals surface area contributed by atoms with Crippen LogP contribution in [0.25, 0.3) is 0 Å². The number of nitriles is 1. The zero-order valence-corrected chi connectivity index (χ0v) is 15.0. The summed E-state index contributed by atoms with van der Waals surface area (Å²) in [6.45, 7) is 0. The van der Waals surface area contributed by atoms with Crippen molar-refractivity contribution in [3.63, 3.8) is 0 Å². The van der Waals surface area contributed by atoms with E-state index in [4.69, 9.17) is 5.73 Å². The number of amides is 1. The highest BCUT2D eigenvalue weighted by Gasteiger charge is 2.66. The molecule has 2 saturated carbocycles. The summed E-state index contributed by atoms with van der Waals surface area (Å²) in [5.74, 6) is -10.7. The van der Waals surface area contributed by atoms with Crippen LogP contribution in [0.3, 0.4) is 0 Å². The van der Waals surface area contributed by atoms with Gasteiger partial charge >= 0.3 is 0 Å². The molecule has 148 valence electrons. The van der Waals surface area contributed by atoms with E-state index in [9.17, 15) is 39.4 Å². The number of primary amides is 1. The first-order valence-electron chi connectivity index (χ1n) is 9.05. The molecular weight excluding hydrogens is 380 g/mol. The lowest BCUT2D eigenvalue weighted by atomic mass is 9.53. The SMILES string of the molecule is N#Cc1ccc(O)c2c1C[C@H]1C[C@H]3CC(=O)C(C(N)=O)C(=O)[C@@]3(O)C(=O)C1C2=O. The maximum absolute atomic E-state index is 13.2. The van der Waals surface area contributed by atoms with Crippen molar-refractivity contribution in [2.45, 2.75) is 24.9 Å². The van der Waals surface area contributed by atoms with Gasteiger partial charge in [0.2, 0.25) is 5.91 Å². The average molecular weight is 396 g/mol. The number of nitrogens with two attached hydrogens (primary N) is 1. The van der Waals surface area contributed by atoms with Crippen LogP contribution in [0.15, 0.2) is 12.1 Å². The fraction of sp³-hybridized carbons (Fsp3) is 0.400. The van der Waals surface area contributed by atoms with Crippen LogP contribution in [0.2, 0.25) is 0 Å². The highest BCUT2D eigenvalue weighted by atomic mass is 16.3. The summed E-state index contributed by atoms with van der Waals surface area (Å²) in [5, 5.41) is 30.5. The van der Waals surface area contributed by atoms with E-state index >= 15 is 0 Å². The van der Waals surface area contributed by atoms with E-state index < -0.39 is 70.5 Å². The Bertz CT molecular complexity index is 1070. The lowest BCUT2D eigenvalue weighted by molar-refractivity contribution is -0.175. The molecule has 0 aromatic heterocycles. The van der Waals surface area contributed by atoms with Gasteiger partial charge in [-0.05, 0) is 36.5 Å². The normalized spacial score (nSPS) is 33.4. The number of fused-ring (bicyclic) bond motifs is 3. The summed E-state index contributed by atoms with van der Waals surface area (Å²) in [6, 6.07) is 4.49. The van der Waals surface area contributed by atoms with Crippen molar-refractivity contribution in [3.8, 4) is 11.8 Å². The number of nitrogens with zero attached hydrogens (tertiary/aromatic N) is 1. The molecule has 2 unspecified atom stereocenters. The van der Waals surface area contributed by atoms with Crippen molar-refractivity contribution in [2.24, 2.45) is 29.4 Å². The molecule has 0 saturated heterocycles. The molecule has 1 amide bonds. The van der Waals surface area contributed by atoms with Crippen LogP contribution < -0.4 is 5.73 Å². The lowest BCUT2D eigenvalue weighted by Gasteiger charge is -2.48. The summed E-state index contributed by atoms with van der Waals surface area (Å²) in [4.78, 5) is 62.8. The third-order valence-corrected chi connectivity index (χ3v) is 6.41. The van der Waals surface area contributed by atoms with E-state index in [1.54, 1.807) is 0 Å². The van der Waals surface area contributed by atoms with Gasteiger partial charge < -0.3 is 15.9 Å². The number of Topliss-reactive ketones (excluding diaryl/α,β-unsaturated/α-hetero) is 4. The maximum Gasteiger partial charge on any atom is 0.235 e. The monoisotopic (exact) mass is 396 g/mol. The summed E-state index contributed by atoms with van der Waals surface area (Å²) in [5.41, 5.74) is 2.77. The third kappa shape index (κ3) is 2.32. The molecule has 0 aliphatic heterocycles. The fourth-order valence-corrected chi connectivity index (χ4v) is 5.07. The van der Waals surface area contributed by atoms with Gasteiger partial charge in [-0.3, -0.25) is 24.0 Å². The Morgan fingerprint density at radius 2 is 1.86 bits per heavy atom. The molecule has 3 aliphatic rings. The van der Waals surface area contributed by atoms with Gasteiger partial charge in [0.1, 0.15) is 5.75 Å². The van der Waals surface area contributed by atoms with Gasteiger partial charge in [-0.15, -0.1) is 0 Å². The summed E-state index contributed by atoms with van der Waals surface area (Å²) in [7, 11) is 0. The topological polar surface area (TPSA) is 176 Å². The van der Waals surface area contributed by atoms with Crippen molar-refractivity contribution in [1.82, 2.24) is 0 Å². The van der Waals surface area contributed by atoms with Crippen LogP contribution in [-0.4, -0.2) is 44.9 Å². The quantitative estimate of drug-likeness (QED) is 0.517. The maximum atomic E-state index is 13.2. The van der Waals surface area contributed by atoms with E-state index in [-0.39, 0.29) is 24.0 Å². The second kappa shape index (κ2) is 6.06. The zero-order chi connectivity index (χ0) is 21.2. The number of ketones is 4. The summed E-state index contributed by atoms with van der Waals surface area (Å²) < 4.78 is 0. The van der Waals surface area contributed by atoms with Crippen LogP contribution >= 0.6 is 0 Å². The van der Waals surface area contributed by atoms with Gasteiger partial charge in [0, 0.05) is 12.3 Å². The molecule has 1 aromatic carbocycles. The summed E-state index contributed by atoms with van der Waals surface area (Å²) >= 11 is 0. The van der Waals surface area contributed by atoms with Crippen LogP contribution in [0.5, 0.6) is 5.75 Å². The van der Waals surface area contributed by atoms with Gasteiger partial charge in [-0.25, -0.2) is 0 Å². The fourth-order valence-electron chi connectivity index (χ4n) is 5.07. The van der Waals surface area contributed by atoms with Gasteiger partial charge in [-0.2, -0.15) is 5.26 Å². The minimum Gasteiger partial charge on any atom is -0.507 e. The largest absolute Gasteiger partial charge is 0.507 e. The molecule has 9 nitrogen and oxygen atoms in total. The van der Waals surface area contributed by atoms with Gasteiger partial charge in [0.05, 0.1) is 23.1 Å². The molecule has 0 spiro atoms. The first kappa shape index (κ1) is 19.0. The number of hydrogen-bond donors (Lipinski definition) is 3. The van der Waals surface area contributed by atoms with Crippen LogP contribution in [0.1, 0.15) is 34.3 Å². The number of rotatable bonds is 1. The first-order valence-corrected chi connectivity index (χ1v) is 9.05. The average Bonchev–Trinajstić information content (AvgIpc) is 2.64. The Balaban J connectivity index is 1.83. The second-order valence-electron chi connectivity index (χ2n) is 7.84. The predicted octanol–water partition coefficient (Wildman–Crippen LogP) is -0.801. The number of phenols is 1. The highest BCUT2D eigenvalue weighted by molar-refractivity contribution is 6.31. The van der Waals surface area contributed by atoms with E-state index in [0.29, 0.717) is 5.56 Å². The number of phenolic OH excluding ortho intramolecular Hbond substituents is 1. The van der Waals surface area contributed by atoms with Crippen molar-refractivity contribution >= 4 is 29.0 Å². The lowest BCUT2D eigenvalue weighted by Crippen LogP contribution is -2.68. The van der Waals surface area contributed by atoms with Crippen LogP contribution in [0.4, 0.5) is 0 Å². The molecule has 5 atom stereocenters. The molecule has 29 heavy (non-hydrogen) atoms. The standard InChI is InChI=1S/C20H16N2O7/c21-6-7-1-2-11(23)14-10(7)4-8-3-9-5-12(24)15(19(22)28)18(27)20(9,29)17(26)13(8)16(14)25/h1-2,8-9,13,15,23,29H,3-5H2,(H2,22,28)/t8-,9+,13?,15?,20+/m1/s1. The van der Waals surface area contributed by atoms with E-state index in [2.05, 4.69) is 0 Å². The minimum atomic E-state index is -2.66. The third-order valence-electron chi connectivity index (χ3n) is 6.41. The van der Waals surface area contributed by atoms with Crippen LogP contribution in [-0.2, 0) is 25.6 Å². The Kier molecular flexibility index (Phi) is 3.96. The Labute approximate surface area is 164 Å². The number of aromatic hydroxyl groups is 1. The first-order chi connectivity index (χ1) is 13.6. The van der Waals surface area contributed by atoms with Gasteiger partial charge in [-0.1, -0.05) is 0 Å². The Morgan fingerprint density at radius 3 is 2.48 bits per heavy atom. The molecular formula is C20H16N2O7. The van der Waals surface area contributed by atoms with E-state index in [1.807, 2.05) is 6.07 Å². The number of hydrogen-bond acceptors (Lipinski definition) is 8. The van der Waals surface area contributed by atoms with E-state index in [0.717, 1.165) is 0 Å². The van der Waals surface area contributed by atoms with Gasteiger partial charge in [0.15, 0.2) is 34.7 Å². The molecule has 1 aromatic rings. The molecule has 9 heteroatoms. The van der Waals surface area contributed by atoms with Gasteiger partial charge in [0.25, 0.3) is 0 Å². The van der Waals surface area contributed by atoms with Crippen molar-refractivity contribution < 1.29 is 34.2 Å². The predicted molar refractivity (Wildman–Crippen MR) is 93.2 cm³/mol. The second-order valence-corrected chi connectivity index (χ2v) is 7.84. The number of benzene rings is 1. The number of carbonyl (C=O) groups is 5. The highest BCUT2D eigenvalue weighted by Crippen LogP contribution is 2.50. The van der Waals surface area contributed by atoms with Crippen molar-refractivity contribution in [2.75, 3.05) is 0 Å². The number of aliphatic hydroxyl groups is 1. The molecule has 0 bridgehead atoms. The Hall–Kier alpha value is -3.38. The summed E-state index contributed by atoms with van der Waals surface area (Å²) in [6.07, 6.45) is -0.290. The van der Waals surface area contributed by atoms with Crippen molar-refractivity contribution in [3.05, 3.63) is 28.8 Å². The minimum absolute atomic E-state index is 0.00156. The number of carbonyl (C=O) groups excluding carboxylic acids is 5. The molecule has 0 radical (unpaired) electrons. The molecule has 4 N–H and O–H groups in total. The molecule has 3 aliphatic carbocycles. The molecule has 2 fully saturated rings. The zero-order valence-electron chi connectivity index (χ0n) is 15.0.